The lowest BCUT2D eigenvalue weighted by Crippen LogP contribution is -2.43. The number of allylic oxidation sites excluding steroid dienone is 3. The molecule has 1 aliphatic carbocycles. The van der Waals surface area contributed by atoms with E-state index in [4.69, 9.17) is 16.0 Å². The maximum Gasteiger partial charge on any atom is 0.426 e. The predicted octanol–water partition coefficient (Wildman–Crippen LogP) is 3.81. The van der Waals surface area contributed by atoms with Crippen molar-refractivity contribution in [2.45, 2.75) is 11.8 Å². The van der Waals surface area contributed by atoms with E-state index in [1.807, 2.05) is 42.5 Å². The van der Waals surface area contributed by atoms with Crippen molar-refractivity contribution in [1.82, 2.24) is 5.32 Å². The van der Waals surface area contributed by atoms with Gasteiger partial charge >= 0.3 is 5.91 Å². The van der Waals surface area contributed by atoms with Crippen molar-refractivity contribution < 1.29 is 18.6 Å². The van der Waals surface area contributed by atoms with Gasteiger partial charge in [-0.15, -0.1) is 4.58 Å². The van der Waals surface area contributed by atoms with Crippen LogP contribution in [0, 0.1) is 0 Å². The molecule has 5 nitrogen and oxygen atoms in total. The number of carbonyl (C=O) groups excluding carboxylic acids is 2. The van der Waals surface area contributed by atoms with Crippen LogP contribution >= 0.6 is 23.4 Å². The molecule has 1 N–H and O–H groups in total. The monoisotopic (exact) mass is 425 g/mol. The van der Waals surface area contributed by atoms with Crippen LogP contribution in [0.25, 0.3) is 6.08 Å². The summed E-state index contributed by atoms with van der Waals surface area (Å²) >= 11 is 7.43. The van der Waals surface area contributed by atoms with Crippen LogP contribution in [0.1, 0.15) is 11.3 Å². The third kappa shape index (κ3) is 4.60. The Morgan fingerprint density at radius 1 is 1.24 bits per heavy atom. The Morgan fingerprint density at radius 2 is 2.07 bits per heavy atom. The molecule has 7 heteroatoms. The summed E-state index contributed by atoms with van der Waals surface area (Å²) in [5, 5.41) is 3.42. The van der Waals surface area contributed by atoms with Crippen LogP contribution < -0.4 is 5.32 Å². The fourth-order valence-electron chi connectivity index (χ4n) is 3.06. The molecule has 2 heterocycles. The zero-order valence-corrected chi connectivity index (χ0v) is 17.0. The molecular weight excluding hydrogens is 408 g/mol. The molecule has 1 aliphatic heterocycles. The quantitative estimate of drug-likeness (QED) is 0.584. The molecule has 1 atom stereocenters. The van der Waals surface area contributed by atoms with E-state index in [2.05, 4.69) is 5.32 Å². The third-order valence-electron chi connectivity index (χ3n) is 4.49. The molecule has 0 fully saturated rings. The largest absolute Gasteiger partial charge is 0.467 e. The van der Waals surface area contributed by atoms with E-state index < -0.39 is 0 Å². The first-order chi connectivity index (χ1) is 14.1. The van der Waals surface area contributed by atoms with Gasteiger partial charge < -0.3 is 9.73 Å². The van der Waals surface area contributed by atoms with Gasteiger partial charge in [0.2, 0.25) is 12.3 Å². The van der Waals surface area contributed by atoms with Gasteiger partial charge in [0.05, 0.1) is 12.8 Å². The number of furan rings is 1. The molecule has 1 aromatic heterocycles. The maximum atomic E-state index is 13.2. The van der Waals surface area contributed by atoms with Crippen LogP contribution in [0.4, 0.5) is 0 Å². The van der Waals surface area contributed by atoms with Crippen LogP contribution in [0.15, 0.2) is 76.3 Å². The SMILES string of the molecule is O=C(C[N+]1=C2C=CC=CC2S/C(=C/c2ccc(Cl)cc2)C1=O)NCc1ccco1. The van der Waals surface area contributed by atoms with E-state index >= 15 is 0 Å². The van der Waals surface area contributed by atoms with E-state index in [1.54, 1.807) is 35.1 Å². The second-order valence-electron chi connectivity index (χ2n) is 6.51. The average Bonchev–Trinajstić information content (AvgIpc) is 3.25. The first-order valence-corrected chi connectivity index (χ1v) is 10.3. The lowest BCUT2D eigenvalue weighted by molar-refractivity contribution is -0.434. The highest BCUT2D eigenvalue weighted by Gasteiger charge is 2.39. The standard InChI is InChI=1S/C22H17ClN2O3S/c23-16-9-7-15(8-10-16)12-20-22(27)25(18-5-1-2-6-19(18)29-20)14-21(26)24-13-17-4-3-11-28-17/h1-12,19H,13-14H2/p+1/b20-12+. The number of benzene rings is 1. The van der Waals surface area contributed by atoms with Gasteiger partial charge in [-0.05, 0) is 35.9 Å². The normalized spacial score (nSPS) is 19.6. The highest BCUT2D eigenvalue weighted by atomic mass is 35.5. The number of hydrogen-bond donors (Lipinski definition) is 1. The van der Waals surface area contributed by atoms with Crippen LogP contribution in [0.5, 0.6) is 0 Å². The Morgan fingerprint density at radius 3 is 2.83 bits per heavy atom. The fourth-order valence-corrected chi connectivity index (χ4v) is 4.37. The number of amides is 2. The minimum Gasteiger partial charge on any atom is -0.467 e. The maximum absolute atomic E-state index is 13.2. The predicted molar refractivity (Wildman–Crippen MR) is 115 cm³/mol. The van der Waals surface area contributed by atoms with Crippen molar-refractivity contribution in [2.75, 3.05) is 6.54 Å². The summed E-state index contributed by atoms with van der Waals surface area (Å²) in [5.41, 5.74) is 1.69. The van der Waals surface area contributed by atoms with Gasteiger partial charge in [-0.2, -0.15) is 0 Å². The number of hydrogen-bond acceptors (Lipinski definition) is 4. The smallest absolute Gasteiger partial charge is 0.426 e. The van der Waals surface area contributed by atoms with E-state index in [1.165, 1.54) is 11.8 Å². The molecule has 146 valence electrons. The van der Waals surface area contributed by atoms with Crippen LogP contribution in [-0.2, 0) is 16.1 Å². The third-order valence-corrected chi connectivity index (χ3v) is 5.94. The molecule has 0 saturated heterocycles. The first kappa shape index (κ1) is 19.5. The van der Waals surface area contributed by atoms with Gasteiger partial charge in [0.25, 0.3) is 5.91 Å². The van der Waals surface area contributed by atoms with Crippen molar-refractivity contribution in [2.24, 2.45) is 0 Å². The van der Waals surface area contributed by atoms with E-state index in [0.29, 0.717) is 15.7 Å². The molecule has 0 bridgehead atoms. The topological polar surface area (TPSA) is 62.3 Å². The second kappa shape index (κ2) is 8.68. The Bertz CT molecular complexity index is 1050. The molecule has 2 amide bonds. The molecular formula is C22H18ClN2O3S+. The van der Waals surface area contributed by atoms with Gasteiger partial charge in [0.15, 0.2) is 0 Å². The molecule has 0 saturated carbocycles. The summed E-state index contributed by atoms with van der Waals surface area (Å²) < 4.78 is 6.77. The molecule has 0 spiro atoms. The average molecular weight is 426 g/mol. The van der Waals surface area contributed by atoms with Crippen LogP contribution in [-0.4, -0.2) is 33.9 Å². The molecule has 2 aliphatic rings. The van der Waals surface area contributed by atoms with Crippen molar-refractivity contribution in [3.63, 3.8) is 0 Å². The Labute approximate surface area is 177 Å². The van der Waals surface area contributed by atoms with Crippen LogP contribution in [0.2, 0.25) is 5.02 Å². The van der Waals surface area contributed by atoms with Crippen molar-refractivity contribution in [3.8, 4) is 0 Å². The Kier molecular flexibility index (Phi) is 5.83. The highest BCUT2D eigenvalue weighted by Crippen LogP contribution is 2.33. The van der Waals surface area contributed by atoms with Gasteiger partial charge in [-0.25, -0.2) is 4.79 Å². The number of carbonyl (C=O) groups is 2. The summed E-state index contributed by atoms with van der Waals surface area (Å²) in [5.74, 6) is 0.221. The zero-order valence-electron chi connectivity index (χ0n) is 15.4. The van der Waals surface area contributed by atoms with Crippen molar-refractivity contribution in [3.05, 3.63) is 88.2 Å². The number of thioether (sulfide) groups is 1. The van der Waals surface area contributed by atoms with Gasteiger partial charge in [0, 0.05) is 11.1 Å². The van der Waals surface area contributed by atoms with E-state index in [-0.39, 0.29) is 30.2 Å². The molecule has 1 unspecified atom stereocenters. The van der Waals surface area contributed by atoms with Crippen LogP contribution in [0.3, 0.4) is 0 Å². The minimum atomic E-state index is -0.248. The lowest BCUT2D eigenvalue weighted by Gasteiger charge is -2.20. The zero-order chi connectivity index (χ0) is 20.2. The summed E-state index contributed by atoms with van der Waals surface area (Å²) in [6.45, 7) is 0.229. The summed E-state index contributed by atoms with van der Waals surface area (Å²) in [7, 11) is 0. The van der Waals surface area contributed by atoms with Gasteiger partial charge in [-0.1, -0.05) is 53.7 Å². The van der Waals surface area contributed by atoms with Gasteiger partial charge in [0.1, 0.15) is 15.9 Å². The second-order valence-corrected chi connectivity index (χ2v) is 8.13. The van der Waals surface area contributed by atoms with Crippen molar-refractivity contribution in [1.29, 1.82) is 0 Å². The van der Waals surface area contributed by atoms with Gasteiger partial charge in [-0.3, -0.25) is 4.79 Å². The molecule has 0 radical (unpaired) electrons. The first-order valence-electron chi connectivity index (χ1n) is 9.07. The Balaban J connectivity index is 1.57. The Hall–Kier alpha value is -2.83. The molecule has 4 rings (SSSR count). The van der Waals surface area contributed by atoms with E-state index in [0.717, 1.165) is 11.3 Å². The summed E-state index contributed by atoms with van der Waals surface area (Å²) in [4.78, 5) is 26.2. The minimum absolute atomic E-state index is 0.0193. The number of fused-ring (bicyclic) bond motifs is 1. The van der Waals surface area contributed by atoms with E-state index in [9.17, 15) is 9.59 Å². The summed E-state index contributed by atoms with van der Waals surface area (Å²) in [6, 6.07) is 10.8. The highest BCUT2D eigenvalue weighted by molar-refractivity contribution is 8.05. The fraction of sp³-hybridized carbons (Fsp3) is 0.136. The summed E-state index contributed by atoms with van der Waals surface area (Å²) in [6.07, 6.45) is 11.1. The number of nitrogens with one attached hydrogen (secondary N) is 1. The number of halogens is 1. The molecule has 1 aromatic carbocycles. The molecule has 29 heavy (non-hydrogen) atoms. The van der Waals surface area contributed by atoms with Crippen molar-refractivity contribution >= 4 is 47.0 Å². The lowest BCUT2D eigenvalue weighted by atomic mass is 10.1. The molecule has 2 aromatic rings. The number of nitrogens with zero attached hydrogens (tertiary/aromatic N) is 1. The number of rotatable bonds is 5.